The van der Waals surface area contributed by atoms with E-state index in [9.17, 15) is 14.9 Å². The van der Waals surface area contributed by atoms with Gasteiger partial charge in [0.25, 0.3) is 0 Å². The number of primary amides is 1. The second kappa shape index (κ2) is 7.06. The van der Waals surface area contributed by atoms with E-state index in [-0.39, 0.29) is 17.9 Å². The van der Waals surface area contributed by atoms with Crippen LogP contribution in [0.25, 0.3) is 0 Å². The maximum absolute atomic E-state index is 11.3. The number of nitrogens with two attached hydrogens (primary N) is 1. The van der Waals surface area contributed by atoms with Crippen molar-refractivity contribution in [2.24, 2.45) is 5.73 Å². The minimum atomic E-state index is -0.569. The molecule has 0 bridgehead atoms. The standard InChI is InChI=1S/C15H15ClN4O3/c1-9-5-13(20(22)23)15(18-8-9)19-12(7-14(17)21)10-3-2-4-11(16)6-10/h2-6,8,12H,7H2,1H3,(H2,17,21)(H,18,19)/t12-/m1/s1. The van der Waals surface area contributed by atoms with Crippen LogP contribution in [0.1, 0.15) is 23.6 Å². The molecule has 2 rings (SSSR count). The SMILES string of the molecule is Cc1cnc(N[C@H](CC(N)=O)c2cccc(Cl)c2)c([N+](=O)[O-])c1. The molecular weight excluding hydrogens is 320 g/mol. The number of rotatable bonds is 6. The molecule has 1 aromatic heterocycles. The predicted molar refractivity (Wildman–Crippen MR) is 87.3 cm³/mol. The molecule has 7 nitrogen and oxygen atoms in total. The zero-order valence-electron chi connectivity index (χ0n) is 12.3. The zero-order chi connectivity index (χ0) is 17.0. The quantitative estimate of drug-likeness (QED) is 0.623. The summed E-state index contributed by atoms with van der Waals surface area (Å²) < 4.78 is 0. The third kappa shape index (κ3) is 4.40. The molecule has 0 unspecified atom stereocenters. The van der Waals surface area contributed by atoms with Gasteiger partial charge < -0.3 is 11.1 Å². The Morgan fingerprint density at radius 1 is 1.48 bits per heavy atom. The summed E-state index contributed by atoms with van der Waals surface area (Å²) in [6, 6.07) is 7.69. The van der Waals surface area contributed by atoms with E-state index in [2.05, 4.69) is 10.3 Å². The maximum atomic E-state index is 11.3. The number of nitro groups is 1. The van der Waals surface area contributed by atoms with Crippen molar-refractivity contribution in [3.8, 4) is 0 Å². The monoisotopic (exact) mass is 334 g/mol. The zero-order valence-corrected chi connectivity index (χ0v) is 13.1. The number of nitrogens with zero attached hydrogens (tertiary/aromatic N) is 2. The molecular formula is C15H15ClN4O3. The minimum Gasteiger partial charge on any atom is -0.370 e. The number of aryl methyl sites for hydroxylation is 1. The van der Waals surface area contributed by atoms with Crippen LogP contribution in [0.3, 0.4) is 0 Å². The summed E-state index contributed by atoms with van der Waals surface area (Å²) in [5.74, 6) is -0.468. The Balaban J connectivity index is 2.39. The number of hydrogen-bond donors (Lipinski definition) is 2. The molecule has 0 aliphatic heterocycles. The van der Waals surface area contributed by atoms with Crippen LogP contribution in [0, 0.1) is 17.0 Å². The highest BCUT2D eigenvalue weighted by atomic mass is 35.5. The number of amides is 1. The molecule has 0 fully saturated rings. The Kier molecular flexibility index (Phi) is 5.13. The number of benzene rings is 1. The predicted octanol–water partition coefficient (Wildman–Crippen LogP) is 2.98. The van der Waals surface area contributed by atoms with Crippen molar-refractivity contribution < 1.29 is 9.72 Å². The molecule has 1 amide bonds. The first kappa shape index (κ1) is 16.7. The lowest BCUT2D eigenvalue weighted by atomic mass is 10.0. The number of carbonyl (C=O) groups excluding carboxylic acids is 1. The Morgan fingerprint density at radius 3 is 2.83 bits per heavy atom. The van der Waals surface area contributed by atoms with E-state index in [1.807, 2.05) is 0 Å². The topological polar surface area (TPSA) is 111 Å². The highest BCUT2D eigenvalue weighted by Gasteiger charge is 2.21. The first-order valence-corrected chi connectivity index (χ1v) is 7.16. The number of carbonyl (C=O) groups is 1. The normalized spacial score (nSPS) is 11.7. The van der Waals surface area contributed by atoms with Crippen LogP contribution in [0.4, 0.5) is 11.5 Å². The molecule has 8 heteroatoms. The lowest BCUT2D eigenvalue weighted by molar-refractivity contribution is -0.384. The van der Waals surface area contributed by atoms with Crippen molar-refractivity contribution in [2.75, 3.05) is 5.32 Å². The first-order chi connectivity index (χ1) is 10.9. The van der Waals surface area contributed by atoms with Crippen LogP contribution in [0.5, 0.6) is 0 Å². The average molecular weight is 335 g/mol. The summed E-state index contributed by atoms with van der Waals surface area (Å²) in [7, 11) is 0. The van der Waals surface area contributed by atoms with Crippen molar-refractivity contribution in [1.82, 2.24) is 4.98 Å². The van der Waals surface area contributed by atoms with Crippen LogP contribution in [0.15, 0.2) is 36.5 Å². The summed E-state index contributed by atoms with van der Waals surface area (Å²) in [5, 5.41) is 14.6. The smallest absolute Gasteiger partial charge is 0.311 e. The number of aromatic nitrogens is 1. The van der Waals surface area contributed by atoms with Gasteiger partial charge in [-0.15, -0.1) is 0 Å². The molecule has 120 valence electrons. The Labute approximate surface area is 137 Å². The molecule has 2 aromatic rings. The molecule has 0 saturated heterocycles. The van der Waals surface area contributed by atoms with Gasteiger partial charge in [-0.1, -0.05) is 23.7 Å². The maximum Gasteiger partial charge on any atom is 0.311 e. The molecule has 23 heavy (non-hydrogen) atoms. The second-order valence-corrected chi connectivity index (χ2v) is 5.50. The van der Waals surface area contributed by atoms with Gasteiger partial charge in [-0.05, 0) is 30.2 Å². The van der Waals surface area contributed by atoms with Crippen LogP contribution >= 0.6 is 11.6 Å². The van der Waals surface area contributed by atoms with E-state index in [0.29, 0.717) is 16.1 Å². The van der Waals surface area contributed by atoms with Crippen LogP contribution in [-0.4, -0.2) is 15.8 Å². The van der Waals surface area contributed by atoms with Crippen molar-refractivity contribution in [2.45, 2.75) is 19.4 Å². The van der Waals surface area contributed by atoms with Gasteiger partial charge in [0.15, 0.2) is 0 Å². The van der Waals surface area contributed by atoms with Gasteiger partial charge in [0.1, 0.15) is 0 Å². The second-order valence-electron chi connectivity index (χ2n) is 5.06. The number of nitrogens with one attached hydrogen (secondary N) is 1. The van der Waals surface area contributed by atoms with E-state index in [1.54, 1.807) is 31.2 Å². The molecule has 0 radical (unpaired) electrons. The number of hydrogen-bond acceptors (Lipinski definition) is 5. The van der Waals surface area contributed by atoms with Crippen LogP contribution < -0.4 is 11.1 Å². The fourth-order valence-corrected chi connectivity index (χ4v) is 2.34. The molecule has 3 N–H and O–H groups in total. The average Bonchev–Trinajstić information content (AvgIpc) is 2.47. The first-order valence-electron chi connectivity index (χ1n) is 6.78. The Hall–Kier alpha value is -2.67. The highest BCUT2D eigenvalue weighted by Crippen LogP contribution is 2.29. The van der Waals surface area contributed by atoms with Crippen molar-refractivity contribution in [3.63, 3.8) is 0 Å². The molecule has 0 aliphatic rings. The van der Waals surface area contributed by atoms with E-state index < -0.39 is 16.9 Å². The van der Waals surface area contributed by atoms with E-state index in [1.165, 1.54) is 12.3 Å². The van der Waals surface area contributed by atoms with Gasteiger partial charge in [-0.2, -0.15) is 0 Å². The third-order valence-electron chi connectivity index (χ3n) is 3.17. The van der Waals surface area contributed by atoms with Gasteiger partial charge in [-0.25, -0.2) is 4.98 Å². The van der Waals surface area contributed by atoms with Crippen molar-refractivity contribution in [1.29, 1.82) is 0 Å². The van der Waals surface area contributed by atoms with E-state index in [4.69, 9.17) is 17.3 Å². The minimum absolute atomic E-state index is 0.0486. The molecule has 1 atom stereocenters. The largest absolute Gasteiger partial charge is 0.370 e. The van der Waals surface area contributed by atoms with Crippen LogP contribution in [0.2, 0.25) is 5.02 Å². The summed E-state index contributed by atoms with van der Waals surface area (Å²) >= 11 is 5.96. The highest BCUT2D eigenvalue weighted by molar-refractivity contribution is 6.30. The third-order valence-corrected chi connectivity index (χ3v) is 3.40. The fourth-order valence-electron chi connectivity index (χ4n) is 2.15. The van der Waals surface area contributed by atoms with Gasteiger partial charge in [0.05, 0.1) is 17.4 Å². The number of anilines is 1. The lowest BCUT2D eigenvalue weighted by Gasteiger charge is -2.18. The van der Waals surface area contributed by atoms with Gasteiger partial charge >= 0.3 is 5.69 Å². The molecule has 0 saturated carbocycles. The fraction of sp³-hybridized carbons (Fsp3) is 0.200. The molecule has 0 spiro atoms. The van der Waals surface area contributed by atoms with Gasteiger partial charge in [0.2, 0.25) is 11.7 Å². The number of halogens is 1. The lowest BCUT2D eigenvalue weighted by Crippen LogP contribution is -2.21. The van der Waals surface area contributed by atoms with Gasteiger partial charge in [-0.3, -0.25) is 14.9 Å². The molecule has 1 heterocycles. The van der Waals surface area contributed by atoms with Gasteiger partial charge in [0, 0.05) is 17.3 Å². The van der Waals surface area contributed by atoms with E-state index in [0.717, 1.165) is 0 Å². The Bertz CT molecular complexity index is 751. The van der Waals surface area contributed by atoms with Crippen molar-refractivity contribution >= 4 is 29.0 Å². The number of pyridine rings is 1. The molecule has 0 aliphatic carbocycles. The van der Waals surface area contributed by atoms with Crippen LogP contribution in [-0.2, 0) is 4.79 Å². The van der Waals surface area contributed by atoms with E-state index >= 15 is 0 Å². The summed E-state index contributed by atoms with van der Waals surface area (Å²) in [6.07, 6.45) is 1.46. The summed E-state index contributed by atoms with van der Waals surface area (Å²) in [4.78, 5) is 26.0. The molecule has 1 aromatic carbocycles. The Morgan fingerprint density at radius 2 is 2.22 bits per heavy atom. The summed E-state index contributed by atoms with van der Waals surface area (Å²) in [6.45, 7) is 1.71. The summed E-state index contributed by atoms with van der Waals surface area (Å²) in [5.41, 5.74) is 6.46. The van der Waals surface area contributed by atoms with Crippen molar-refractivity contribution in [3.05, 3.63) is 62.8 Å².